The van der Waals surface area contributed by atoms with Crippen LogP contribution in [0, 0.1) is 0 Å². The quantitative estimate of drug-likeness (QED) is 0.391. The lowest BCUT2D eigenvalue weighted by atomic mass is 9.93. The van der Waals surface area contributed by atoms with Crippen molar-refractivity contribution in [2.45, 2.75) is 12.5 Å². The minimum absolute atomic E-state index is 0.108. The minimum atomic E-state index is -0.108. The van der Waals surface area contributed by atoms with Crippen molar-refractivity contribution in [1.29, 1.82) is 0 Å². The molecule has 1 aliphatic heterocycles. The number of hydrogen-bond acceptors (Lipinski definition) is 6. The van der Waals surface area contributed by atoms with Crippen molar-refractivity contribution >= 4 is 22.2 Å². The SMILES string of the molecule is COc1ccc(C2=NN(c3ccccc3OC)C(c3ccc(OC)c4ccccc34)C2)c(O)c1. The summed E-state index contributed by atoms with van der Waals surface area (Å²) < 4.78 is 16.5. The number of aromatic hydroxyl groups is 1. The van der Waals surface area contributed by atoms with Crippen LogP contribution in [0.3, 0.4) is 0 Å². The number of methoxy groups -OCH3 is 3. The zero-order valence-electron chi connectivity index (χ0n) is 19.4. The molecule has 0 saturated carbocycles. The minimum Gasteiger partial charge on any atom is -0.507 e. The molecule has 172 valence electrons. The van der Waals surface area contributed by atoms with E-state index in [4.69, 9.17) is 19.3 Å². The molecule has 0 aliphatic carbocycles. The van der Waals surface area contributed by atoms with E-state index < -0.39 is 0 Å². The lowest BCUT2D eigenvalue weighted by molar-refractivity contribution is 0.407. The van der Waals surface area contributed by atoms with E-state index in [2.05, 4.69) is 18.2 Å². The lowest BCUT2D eigenvalue weighted by Crippen LogP contribution is -2.19. The van der Waals surface area contributed by atoms with Gasteiger partial charge in [0, 0.05) is 23.4 Å². The summed E-state index contributed by atoms with van der Waals surface area (Å²) in [5.41, 5.74) is 3.45. The Kier molecular flexibility index (Phi) is 5.72. The van der Waals surface area contributed by atoms with Crippen molar-refractivity contribution in [3.8, 4) is 23.0 Å². The number of hydrazone groups is 1. The molecule has 0 radical (unpaired) electrons. The first-order valence-corrected chi connectivity index (χ1v) is 11.1. The van der Waals surface area contributed by atoms with E-state index in [0.29, 0.717) is 17.7 Å². The third-order valence-corrected chi connectivity index (χ3v) is 6.25. The molecule has 4 aromatic carbocycles. The van der Waals surface area contributed by atoms with Crippen molar-refractivity contribution in [3.63, 3.8) is 0 Å². The molecule has 1 N–H and O–H groups in total. The molecule has 1 heterocycles. The number of rotatable bonds is 6. The van der Waals surface area contributed by atoms with Crippen molar-refractivity contribution in [3.05, 3.63) is 90.0 Å². The van der Waals surface area contributed by atoms with E-state index in [-0.39, 0.29) is 11.8 Å². The zero-order valence-corrected chi connectivity index (χ0v) is 19.4. The molecule has 5 rings (SSSR count). The van der Waals surface area contributed by atoms with Gasteiger partial charge in [0.2, 0.25) is 0 Å². The summed E-state index contributed by atoms with van der Waals surface area (Å²) >= 11 is 0. The largest absolute Gasteiger partial charge is 0.507 e. The van der Waals surface area contributed by atoms with Crippen LogP contribution < -0.4 is 19.2 Å². The molecular weight excluding hydrogens is 428 g/mol. The second-order valence-corrected chi connectivity index (χ2v) is 8.07. The van der Waals surface area contributed by atoms with Gasteiger partial charge in [-0.3, -0.25) is 5.01 Å². The van der Waals surface area contributed by atoms with Crippen LogP contribution in [0.2, 0.25) is 0 Å². The van der Waals surface area contributed by atoms with E-state index in [1.807, 2.05) is 59.6 Å². The van der Waals surface area contributed by atoms with Gasteiger partial charge in [-0.2, -0.15) is 5.10 Å². The molecule has 4 aromatic rings. The molecule has 34 heavy (non-hydrogen) atoms. The van der Waals surface area contributed by atoms with Crippen LogP contribution in [0.25, 0.3) is 10.8 Å². The number of nitrogens with zero attached hydrogens (tertiary/aromatic N) is 2. The first kappa shape index (κ1) is 21.6. The van der Waals surface area contributed by atoms with Crippen LogP contribution in [0.5, 0.6) is 23.0 Å². The van der Waals surface area contributed by atoms with Gasteiger partial charge < -0.3 is 19.3 Å². The Labute approximate surface area is 198 Å². The highest BCUT2D eigenvalue weighted by molar-refractivity contribution is 6.06. The van der Waals surface area contributed by atoms with Crippen molar-refractivity contribution < 1.29 is 19.3 Å². The van der Waals surface area contributed by atoms with E-state index in [1.54, 1.807) is 27.4 Å². The molecule has 0 saturated heterocycles. The summed E-state index contributed by atoms with van der Waals surface area (Å²) in [6.07, 6.45) is 0.605. The van der Waals surface area contributed by atoms with Crippen LogP contribution in [0.1, 0.15) is 23.6 Å². The molecule has 0 aromatic heterocycles. The van der Waals surface area contributed by atoms with Crippen molar-refractivity contribution in [1.82, 2.24) is 0 Å². The van der Waals surface area contributed by atoms with Gasteiger partial charge in [-0.05, 0) is 41.3 Å². The maximum atomic E-state index is 10.7. The Morgan fingerprint density at radius 1 is 0.794 bits per heavy atom. The van der Waals surface area contributed by atoms with E-state index in [0.717, 1.165) is 39.2 Å². The van der Waals surface area contributed by atoms with Crippen LogP contribution in [0.15, 0.2) is 84.0 Å². The fourth-order valence-electron chi connectivity index (χ4n) is 4.60. The van der Waals surface area contributed by atoms with Crippen LogP contribution >= 0.6 is 0 Å². The fraction of sp³-hybridized carbons (Fsp3) is 0.179. The summed E-state index contributed by atoms with van der Waals surface area (Å²) in [5.74, 6) is 2.29. The van der Waals surface area contributed by atoms with Gasteiger partial charge in [-0.25, -0.2) is 0 Å². The fourth-order valence-corrected chi connectivity index (χ4v) is 4.60. The van der Waals surface area contributed by atoms with Crippen molar-refractivity contribution in [2.75, 3.05) is 26.3 Å². The van der Waals surface area contributed by atoms with Gasteiger partial charge in [0.15, 0.2) is 0 Å². The Bertz CT molecular complexity index is 1380. The number of benzene rings is 4. The van der Waals surface area contributed by atoms with Gasteiger partial charge >= 0.3 is 0 Å². The average molecular weight is 455 g/mol. The summed E-state index contributed by atoms with van der Waals surface area (Å²) in [5, 5.41) is 19.9. The monoisotopic (exact) mass is 454 g/mol. The molecule has 6 nitrogen and oxygen atoms in total. The summed E-state index contributed by atoms with van der Waals surface area (Å²) in [4.78, 5) is 0. The highest BCUT2D eigenvalue weighted by Crippen LogP contribution is 2.44. The summed E-state index contributed by atoms with van der Waals surface area (Å²) in [7, 11) is 4.92. The van der Waals surface area contributed by atoms with Gasteiger partial charge in [0.25, 0.3) is 0 Å². The molecule has 0 spiro atoms. The van der Waals surface area contributed by atoms with Crippen LogP contribution in [-0.4, -0.2) is 32.1 Å². The molecular formula is C28H26N2O4. The number of phenolic OH excluding ortho intramolecular Hbond substituents is 1. The molecule has 0 amide bonds. The first-order chi connectivity index (χ1) is 16.6. The third-order valence-electron chi connectivity index (χ3n) is 6.25. The smallest absolute Gasteiger partial charge is 0.144 e. The molecule has 1 unspecified atom stereocenters. The zero-order chi connectivity index (χ0) is 23.7. The second-order valence-electron chi connectivity index (χ2n) is 8.07. The standard InChI is InChI=1S/C28H26N2O4/c1-32-18-12-13-22(26(31)16-18)23-17-25(30(29-23)24-10-6-7-11-28(24)34-3)20-14-15-27(33-2)21-9-5-4-8-19(20)21/h4-16,25,31H,17H2,1-3H3. The number of fused-ring (bicyclic) bond motifs is 1. The Balaban J connectivity index is 1.67. The average Bonchev–Trinajstić information content (AvgIpc) is 3.32. The number of ether oxygens (including phenoxy) is 3. The number of para-hydroxylation sites is 2. The van der Waals surface area contributed by atoms with Gasteiger partial charge in [-0.15, -0.1) is 0 Å². The Morgan fingerprint density at radius 2 is 1.53 bits per heavy atom. The van der Waals surface area contributed by atoms with E-state index >= 15 is 0 Å². The Morgan fingerprint density at radius 3 is 2.26 bits per heavy atom. The summed E-state index contributed by atoms with van der Waals surface area (Å²) in [6.45, 7) is 0. The van der Waals surface area contributed by atoms with Crippen LogP contribution in [-0.2, 0) is 0 Å². The first-order valence-electron chi connectivity index (χ1n) is 11.1. The van der Waals surface area contributed by atoms with Gasteiger partial charge in [0.1, 0.15) is 28.7 Å². The number of anilines is 1. The van der Waals surface area contributed by atoms with Crippen LogP contribution in [0.4, 0.5) is 5.69 Å². The molecule has 0 fully saturated rings. The molecule has 1 atom stereocenters. The van der Waals surface area contributed by atoms with Crippen molar-refractivity contribution in [2.24, 2.45) is 5.10 Å². The maximum Gasteiger partial charge on any atom is 0.144 e. The van der Waals surface area contributed by atoms with E-state index in [9.17, 15) is 5.11 Å². The summed E-state index contributed by atoms with van der Waals surface area (Å²) in [6, 6.07) is 25.3. The predicted octanol–water partition coefficient (Wildman–Crippen LogP) is 5.93. The normalized spacial score (nSPS) is 15.3. The number of phenols is 1. The van der Waals surface area contributed by atoms with E-state index in [1.165, 1.54) is 0 Å². The molecule has 6 heteroatoms. The maximum absolute atomic E-state index is 10.7. The molecule has 0 bridgehead atoms. The lowest BCUT2D eigenvalue weighted by Gasteiger charge is -2.26. The van der Waals surface area contributed by atoms with Gasteiger partial charge in [0.05, 0.1) is 33.1 Å². The van der Waals surface area contributed by atoms with Gasteiger partial charge in [-0.1, -0.05) is 42.5 Å². The molecule has 1 aliphatic rings. The second kappa shape index (κ2) is 8.98. The third kappa shape index (κ3) is 3.67. The predicted molar refractivity (Wildman–Crippen MR) is 135 cm³/mol. The Hall–Kier alpha value is -4.19. The topological polar surface area (TPSA) is 63.5 Å². The highest BCUT2D eigenvalue weighted by atomic mass is 16.5. The number of hydrogen-bond donors (Lipinski definition) is 1. The highest BCUT2D eigenvalue weighted by Gasteiger charge is 2.33.